The van der Waals surface area contributed by atoms with Crippen LogP contribution in [0.5, 0.6) is 11.5 Å². The number of methoxy groups -OCH3 is 1. The quantitative estimate of drug-likeness (QED) is 0.851. The smallest absolute Gasteiger partial charge is 0.304 e. The number of phenols is 1. The van der Waals surface area contributed by atoms with Crippen LogP contribution in [0, 0.1) is 11.3 Å². The molecule has 0 saturated carbocycles. The summed E-state index contributed by atoms with van der Waals surface area (Å²) in [4.78, 5) is 10.8. The highest BCUT2D eigenvalue weighted by atomic mass is 16.5. The summed E-state index contributed by atoms with van der Waals surface area (Å²) in [7, 11) is 1.38. The number of carboxylic acids is 1. The van der Waals surface area contributed by atoms with Gasteiger partial charge >= 0.3 is 5.97 Å². The normalized spacial score (nSPS) is 10.8. The maximum absolute atomic E-state index is 10.8. The highest BCUT2D eigenvalue weighted by Gasteiger charge is 2.29. The van der Waals surface area contributed by atoms with E-state index in [-0.39, 0.29) is 17.9 Å². The number of rotatable bonds is 4. The fourth-order valence-corrected chi connectivity index (χ4v) is 1.82. The highest BCUT2D eigenvalue weighted by molar-refractivity contribution is 5.70. The van der Waals surface area contributed by atoms with E-state index in [4.69, 9.17) is 15.1 Å². The second kappa shape index (κ2) is 4.96. The van der Waals surface area contributed by atoms with Gasteiger partial charge in [0.15, 0.2) is 11.5 Å². The Bertz CT molecular complexity index is 514. The molecule has 0 aliphatic heterocycles. The summed E-state index contributed by atoms with van der Waals surface area (Å²) in [6.07, 6.45) is -0.154. The summed E-state index contributed by atoms with van der Waals surface area (Å²) >= 11 is 0. The molecule has 0 spiro atoms. The molecule has 0 aromatic heterocycles. The van der Waals surface area contributed by atoms with Crippen LogP contribution in [0.3, 0.4) is 0 Å². The molecule has 0 bridgehead atoms. The lowest BCUT2D eigenvalue weighted by Gasteiger charge is -2.25. The molecule has 0 aliphatic carbocycles. The first-order valence-electron chi connectivity index (χ1n) is 5.35. The monoisotopic (exact) mass is 249 g/mol. The van der Waals surface area contributed by atoms with Crippen molar-refractivity contribution in [2.45, 2.75) is 25.7 Å². The number of nitriles is 1. The lowest BCUT2D eigenvalue weighted by Crippen LogP contribution is -2.22. The summed E-state index contributed by atoms with van der Waals surface area (Å²) in [5.41, 5.74) is -0.0883. The van der Waals surface area contributed by atoms with Crippen LogP contribution in [-0.2, 0) is 10.2 Å². The molecule has 0 amide bonds. The van der Waals surface area contributed by atoms with Crippen molar-refractivity contribution in [2.24, 2.45) is 0 Å². The largest absolute Gasteiger partial charge is 0.504 e. The second-order valence-corrected chi connectivity index (χ2v) is 4.64. The van der Waals surface area contributed by atoms with E-state index in [1.54, 1.807) is 13.8 Å². The Morgan fingerprint density at radius 2 is 2.11 bits per heavy atom. The number of carbonyl (C=O) groups is 1. The Hall–Kier alpha value is -2.22. The van der Waals surface area contributed by atoms with Crippen molar-refractivity contribution in [1.82, 2.24) is 0 Å². The van der Waals surface area contributed by atoms with Crippen LogP contribution in [0.15, 0.2) is 12.1 Å². The van der Waals surface area contributed by atoms with Crippen molar-refractivity contribution in [1.29, 1.82) is 5.26 Å². The Balaban J connectivity index is 3.39. The minimum Gasteiger partial charge on any atom is -0.504 e. The maximum Gasteiger partial charge on any atom is 0.304 e. The average Bonchev–Trinajstić information content (AvgIpc) is 2.27. The molecule has 5 heteroatoms. The minimum atomic E-state index is -0.972. The first-order chi connectivity index (χ1) is 8.31. The van der Waals surface area contributed by atoms with E-state index in [1.807, 2.05) is 6.07 Å². The van der Waals surface area contributed by atoms with Crippen LogP contribution in [-0.4, -0.2) is 23.3 Å². The van der Waals surface area contributed by atoms with E-state index in [1.165, 1.54) is 19.2 Å². The van der Waals surface area contributed by atoms with Crippen LogP contribution in [0.2, 0.25) is 0 Å². The molecule has 18 heavy (non-hydrogen) atoms. The van der Waals surface area contributed by atoms with E-state index in [2.05, 4.69) is 0 Å². The first-order valence-corrected chi connectivity index (χ1v) is 5.35. The Kier molecular flexibility index (Phi) is 3.82. The van der Waals surface area contributed by atoms with Crippen molar-refractivity contribution in [2.75, 3.05) is 7.11 Å². The molecule has 2 N–H and O–H groups in total. The Morgan fingerprint density at radius 3 is 2.56 bits per heavy atom. The third-order valence-electron chi connectivity index (χ3n) is 2.75. The Morgan fingerprint density at radius 1 is 1.50 bits per heavy atom. The van der Waals surface area contributed by atoms with Crippen molar-refractivity contribution in [3.8, 4) is 17.6 Å². The molecular formula is C13H15NO4. The van der Waals surface area contributed by atoms with Crippen molar-refractivity contribution in [3.63, 3.8) is 0 Å². The van der Waals surface area contributed by atoms with Crippen LogP contribution in [0.1, 0.15) is 31.4 Å². The molecule has 0 heterocycles. The lowest BCUT2D eigenvalue weighted by atomic mass is 9.80. The third kappa shape index (κ3) is 2.72. The molecule has 0 unspecified atom stereocenters. The van der Waals surface area contributed by atoms with Gasteiger partial charge in [-0.05, 0) is 6.07 Å². The van der Waals surface area contributed by atoms with Gasteiger partial charge in [0.2, 0.25) is 0 Å². The maximum atomic E-state index is 10.8. The van der Waals surface area contributed by atoms with Crippen molar-refractivity contribution >= 4 is 5.97 Å². The number of benzene rings is 1. The van der Waals surface area contributed by atoms with E-state index < -0.39 is 11.4 Å². The summed E-state index contributed by atoms with van der Waals surface area (Å²) in [6, 6.07) is 4.86. The predicted octanol–water partition coefficient (Wildman–Crippen LogP) is 2.02. The molecule has 0 aliphatic rings. The molecule has 96 valence electrons. The average molecular weight is 249 g/mol. The SMILES string of the molecule is COc1cc(C#N)cc(C(C)(C)CC(=O)O)c1O. The van der Waals surface area contributed by atoms with Gasteiger partial charge < -0.3 is 14.9 Å². The van der Waals surface area contributed by atoms with Crippen molar-refractivity contribution in [3.05, 3.63) is 23.3 Å². The lowest BCUT2D eigenvalue weighted by molar-refractivity contribution is -0.138. The van der Waals surface area contributed by atoms with Crippen LogP contribution in [0.25, 0.3) is 0 Å². The molecule has 0 saturated heterocycles. The number of nitrogens with zero attached hydrogens (tertiary/aromatic N) is 1. The van der Waals surface area contributed by atoms with Crippen molar-refractivity contribution < 1.29 is 19.7 Å². The number of hydrogen-bond donors (Lipinski definition) is 2. The van der Waals surface area contributed by atoms with Gasteiger partial charge in [0, 0.05) is 17.0 Å². The number of aromatic hydroxyl groups is 1. The number of hydrogen-bond acceptors (Lipinski definition) is 4. The standard InChI is InChI=1S/C13H15NO4/c1-13(2,6-11(15)16)9-4-8(7-14)5-10(18-3)12(9)17/h4-5,17H,6H2,1-3H3,(H,15,16). The van der Waals surface area contributed by atoms with Gasteiger partial charge in [0.05, 0.1) is 25.2 Å². The number of aliphatic carboxylic acids is 1. The van der Waals surface area contributed by atoms with Gasteiger partial charge in [-0.25, -0.2) is 0 Å². The zero-order valence-corrected chi connectivity index (χ0v) is 10.5. The summed E-state index contributed by atoms with van der Waals surface area (Å²) in [5, 5.41) is 27.8. The third-order valence-corrected chi connectivity index (χ3v) is 2.75. The minimum absolute atomic E-state index is 0.122. The van der Waals surface area contributed by atoms with Gasteiger partial charge in [0.25, 0.3) is 0 Å². The Labute approximate surface area is 105 Å². The summed E-state index contributed by atoms with van der Waals surface area (Å²) < 4.78 is 4.98. The van der Waals surface area contributed by atoms with Gasteiger partial charge in [-0.15, -0.1) is 0 Å². The van der Waals surface area contributed by atoms with E-state index in [0.29, 0.717) is 11.1 Å². The zero-order valence-electron chi connectivity index (χ0n) is 10.5. The van der Waals surface area contributed by atoms with E-state index >= 15 is 0 Å². The number of carboxylic acid groups (broad SMARTS) is 1. The van der Waals surface area contributed by atoms with Gasteiger partial charge in [0.1, 0.15) is 0 Å². The molecule has 0 fully saturated rings. The van der Waals surface area contributed by atoms with Gasteiger partial charge in [-0.3, -0.25) is 4.79 Å². The molecule has 0 radical (unpaired) electrons. The van der Waals surface area contributed by atoms with Gasteiger partial charge in [-0.2, -0.15) is 5.26 Å². The fourth-order valence-electron chi connectivity index (χ4n) is 1.82. The van der Waals surface area contributed by atoms with Gasteiger partial charge in [-0.1, -0.05) is 13.8 Å². The molecule has 0 atom stereocenters. The molecule has 1 aromatic rings. The van der Waals surface area contributed by atoms with Crippen LogP contribution >= 0.6 is 0 Å². The molecule has 5 nitrogen and oxygen atoms in total. The zero-order chi connectivity index (χ0) is 13.9. The molecular weight excluding hydrogens is 234 g/mol. The van der Waals surface area contributed by atoms with Crippen LogP contribution in [0.4, 0.5) is 0 Å². The highest BCUT2D eigenvalue weighted by Crippen LogP contribution is 2.40. The molecule has 1 rings (SSSR count). The molecule has 1 aromatic carbocycles. The topological polar surface area (TPSA) is 90.5 Å². The fraction of sp³-hybridized carbons (Fsp3) is 0.385. The number of ether oxygens (including phenoxy) is 1. The second-order valence-electron chi connectivity index (χ2n) is 4.64. The van der Waals surface area contributed by atoms with Crippen LogP contribution < -0.4 is 4.74 Å². The van der Waals surface area contributed by atoms with E-state index in [0.717, 1.165) is 0 Å². The summed E-state index contributed by atoms with van der Waals surface area (Å²) in [6.45, 7) is 3.38. The predicted molar refractivity (Wildman–Crippen MR) is 64.7 cm³/mol. The number of phenolic OH excluding ortho intramolecular Hbond substituents is 1. The summed E-state index contributed by atoms with van der Waals surface area (Å²) in [5.74, 6) is -0.925. The van der Waals surface area contributed by atoms with E-state index in [9.17, 15) is 9.90 Å². The first kappa shape index (κ1) is 13.8.